The van der Waals surface area contributed by atoms with E-state index in [-0.39, 0.29) is 24.2 Å². The molecule has 2 heterocycles. The molecule has 6 nitrogen and oxygen atoms in total. The van der Waals surface area contributed by atoms with E-state index >= 15 is 0 Å². The Hall–Kier alpha value is -1.85. The molecule has 21 heavy (non-hydrogen) atoms. The fourth-order valence-electron chi connectivity index (χ4n) is 2.62. The van der Waals surface area contributed by atoms with Gasteiger partial charge in [-0.15, -0.1) is 0 Å². The predicted octanol–water partition coefficient (Wildman–Crippen LogP) is 1.92. The summed E-state index contributed by atoms with van der Waals surface area (Å²) in [5.41, 5.74) is 1.14. The van der Waals surface area contributed by atoms with Gasteiger partial charge in [-0.1, -0.05) is 13.3 Å². The van der Waals surface area contributed by atoms with Gasteiger partial charge in [0.2, 0.25) is 0 Å². The Morgan fingerprint density at radius 1 is 1.48 bits per heavy atom. The van der Waals surface area contributed by atoms with Gasteiger partial charge in [0.25, 0.3) is 5.91 Å². The number of carbonyl (C=O) groups is 2. The Labute approximate surface area is 124 Å². The smallest absolute Gasteiger partial charge is 0.359 e. The number of hydrogen-bond acceptors (Lipinski definition) is 4. The lowest BCUT2D eigenvalue weighted by atomic mass is 10.0. The van der Waals surface area contributed by atoms with Crippen molar-refractivity contribution in [2.45, 2.75) is 52.0 Å². The molecule has 1 unspecified atom stereocenters. The number of aromatic nitrogens is 2. The standard InChI is InChI=1S/C15H23N3O3/c1-3-6-12-9-13(17-16-12)15(20)21-10-14(19)18-8-5-4-7-11(18)2/h9,11H,3-8,10H2,1-2H3,(H,16,17). The molecule has 1 aliphatic rings. The van der Waals surface area contributed by atoms with E-state index < -0.39 is 5.97 Å². The van der Waals surface area contributed by atoms with Crippen LogP contribution < -0.4 is 0 Å². The summed E-state index contributed by atoms with van der Waals surface area (Å²) in [6.45, 7) is 4.63. The molecule has 0 radical (unpaired) electrons. The topological polar surface area (TPSA) is 75.3 Å². The fraction of sp³-hybridized carbons (Fsp3) is 0.667. The maximum absolute atomic E-state index is 12.1. The molecule has 1 aromatic rings. The van der Waals surface area contributed by atoms with Crippen LogP contribution in [0.4, 0.5) is 0 Å². The number of aromatic amines is 1. The molecule has 2 rings (SSSR count). The van der Waals surface area contributed by atoms with Crippen molar-refractivity contribution >= 4 is 11.9 Å². The van der Waals surface area contributed by atoms with E-state index in [0.29, 0.717) is 0 Å². The van der Waals surface area contributed by atoms with Gasteiger partial charge in [-0.25, -0.2) is 4.79 Å². The van der Waals surface area contributed by atoms with E-state index in [2.05, 4.69) is 17.1 Å². The SMILES string of the molecule is CCCc1cc(C(=O)OCC(=O)N2CCCCC2C)n[nH]1. The van der Waals surface area contributed by atoms with Crippen LogP contribution in [0.2, 0.25) is 0 Å². The number of ether oxygens (including phenoxy) is 1. The monoisotopic (exact) mass is 293 g/mol. The fourth-order valence-corrected chi connectivity index (χ4v) is 2.62. The number of esters is 1. The average Bonchev–Trinajstić information content (AvgIpc) is 2.94. The normalized spacial score (nSPS) is 18.6. The Kier molecular flexibility index (Phi) is 5.36. The second-order valence-corrected chi connectivity index (χ2v) is 5.54. The molecule has 0 spiro atoms. The first-order chi connectivity index (χ1) is 10.1. The van der Waals surface area contributed by atoms with Crippen LogP contribution in [0, 0.1) is 0 Å². The van der Waals surface area contributed by atoms with E-state index in [1.54, 1.807) is 11.0 Å². The van der Waals surface area contributed by atoms with Gasteiger partial charge in [0.1, 0.15) is 0 Å². The summed E-state index contributed by atoms with van der Waals surface area (Å²) < 4.78 is 5.07. The predicted molar refractivity (Wildman–Crippen MR) is 77.9 cm³/mol. The van der Waals surface area contributed by atoms with Crippen LogP contribution in [0.15, 0.2) is 6.07 Å². The molecule has 1 saturated heterocycles. The van der Waals surface area contributed by atoms with Crippen molar-refractivity contribution in [3.63, 3.8) is 0 Å². The third-order valence-electron chi connectivity index (χ3n) is 3.81. The summed E-state index contributed by atoms with van der Waals surface area (Å²) in [6.07, 6.45) is 4.99. The number of amides is 1. The number of likely N-dealkylation sites (tertiary alicyclic amines) is 1. The molecule has 1 N–H and O–H groups in total. The van der Waals surface area contributed by atoms with Gasteiger partial charge in [-0.2, -0.15) is 5.10 Å². The van der Waals surface area contributed by atoms with Crippen LogP contribution in [0.5, 0.6) is 0 Å². The highest BCUT2D eigenvalue weighted by Crippen LogP contribution is 2.16. The van der Waals surface area contributed by atoms with E-state index in [0.717, 1.165) is 44.3 Å². The second kappa shape index (κ2) is 7.24. The zero-order chi connectivity index (χ0) is 15.2. The summed E-state index contributed by atoms with van der Waals surface area (Å²) in [4.78, 5) is 25.7. The number of aryl methyl sites for hydroxylation is 1. The summed E-state index contributed by atoms with van der Waals surface area (Å²) in [7, 11) is 0. The molecule has 1 amide bonds. The third kappa shape index (κ3) is 4.06. The van der Waals surface area contributed by atoms with Crippen LogP contribution in [0.25, 0.3) is 0 Å². The Bertz CT molecular complexity index is 498. The summed E-state index contributed by atoms with van der Waals surface area (Å²) >= 11 is 0. The molecule has 0 bridgehead atoms. The molecule has 1 fully saturated rings. The highest BCUT2D eigenvalue weighted by molar-refractivity contribution is 5.89. The Morgan fingerprint density at radius 3 is 3.00 bits per heavy atom. The molecule has 1 aromatic heterocycles. The molecular weight excluding hydrogens is 270 g/mol. The summed E-state index contributed by atoms with van der Waals surface area (Å²) in [5.74, 6) is -0.675. The van der Waals surface area contributed by atoms with Crippen LogP contribution in [0.3, 0.4) is 0 Å². The van der Waals surface area contributed by atoms with Crippen LogP contribution in [-0.4, -0.2) is 46.2 Å². The molecule has 6 heteroatoms. The van der Waals surface area contributed by atoms with Crippen molar-refractivity contribution in [3.8, 4) is 0 Å². The molecule has 0 aliphatic carbocycles. The Morgan fingerprint density at radius 2 is 2.29 bits per heavy atom. The number of rotatable bonds is 5. The van der Waals surface area contributed by atoms with E-state index in [1.165, 1.54) is 0 Å². The van der Waals surface area contributed by atoms with Crippen LogP contribution >= 0.6 is 0 Å². The molecule has 116 valence electrons. The van der Waals surface area contributed by atoms with Gasteiger partial charge in [0.15, 0.2) is 12.3 Å². The van der Waals surface area contributed by atoms with Crippen molar-refractivity contribution in [2.24, 2.45) is 0 Å². The number of nitrogens with zero attached hydrogens (tertiary/aromatic N) is 2. The largest absolute Gasteiger partial charge is 0.451 e. The van der Waals surface area contributed by atoms with Gasteiger partial charge in [0, 0.05) is 18.3 Å². The highest BCUT2D eigenvalue weighted by Gasteiger charge is 2.24. The first-order valence-corrected chi connectivity index (χ1v) is 7.62. The zero-order valence-electron chi connectivity index (χ0n) is 12.7. The van der Waals surface area contributed by atoms with Crippen LogP contribution in [-0.2, 0) is 16.0 Å². The molecule has 0 saturated carbocycles. The van der Waals surface area contributed by atoms with Crippen LogP contribution in [0.1, 0.15) is 55.7 Å². The van der Waals surface area contributed by atoms with Crippen molar-refractivity contribution in [1.82, 2.24) is 15.1 Å². The molecule has 0 aromatic carbocycles. The van der Waals surface area contributed by atoms with E-state index in [9.17, 15) is 9.59 Å². The number of H-pyrrole nitrogens is 1. The van der Waals surface area contributed by atoms with Gasteiger partial charge in [-0.3, -0.25) is 9.89 Å². The maximum atomic E-state index is 12.1. The maximum Gasteiger partial charge on any atom is 0.359 e. The third-order valence-corrected chi connectivity index (χ3v) is 3.81. The molecule has 1 aliphatic heterocycles. The van der Waals surface area contributed by atoms with Crippen molar-refractivity contribution in [3.05, 3.63) is 17.5 Å². The number of hydrogen-bond donors (Lipinski definition) is 1. The lowest BCUT2D eigenvalue weighted by Crippen LogP contribution is -2.44. The highest BCUT2D eigenvalue weighted by atomic mass is 16.5. The second-order valence-electron chi connectivity index (χ2n) is 5.54. The minimum Gasteiger partial charge on any atom is -0.451 e. The molecule has 1 atom stereocenters. The zero-order valence-corrected chi connectivity index (χ0v) is 12.7. The minimum atomic E-state index is -0.549. The Balaban J connectivity index is 1.83. The van der Waals surface area contributed by atoms with Gasteiger partial charge < -0.3 is 9.64 Å². The number of nitrogens with one attached hydrogen (secondary N) is 1. The van der Waals surface area contributed by atoms with E-state index in [1.807, 2.05) is 6.92 Å². The number of carbonyl (C=O) groups excluding carboxylic acids is 2. The first-order valence-electron chi connectivity index (χ1n) is 7.62. The number of piperidine rings is 1. The van der Waals surface area contributed by atoms with Gasteiger partial charge in [-0.05, 0) is 38.7 Å². The summed E-state index contributed by atoms with van der Waals surface area (Å²) in [5, 5.41) is 6.72. The van der Waals surface area contributed by atoms with Gasteiger partial charge >= 0.3 is 5.97 Å². The van der Waals surface area contributed by atoms with Gasteiger partial charge in [0.05, 0.1) is 0 Å². The van der Waals surface area contributed by atoms with Crippen molar-refractivity contribution in [2.75, 3.05) is 13.2 Å². The lowest BCUT2D eigenvalue weighted by molar-refractivity contribution is -0.137. The quantitative estimate of drug-likeness (QED) is 0.842. The first kappa shape index (κ1) is 15.5. The minimum absolute atomic E-state index is 0.125. The van der Waals surface area contributed by atoms with Crippen molar-refractivity contribution < 1.29 is 14.3 Å². The average molecular weight is 293 g/mol. The van der Waals surface area contributed by atoms with Crippen molar-refractivity contribution in [1.29, 1.82) is 0 Å². The molecular formula is C15H23N3O3. The van der Waals surface area contributed by atoms with E-state index in [4.69, 9.17) is 4.74 Å². The lowest BCUT2D eigenvalue weighted by Gasteiger charge is -2.33. The summed E-state index contributed by atoms with van der Waals surface area (Å²) in [6, 6.07) is 1.91.